The fourth-order valence-electron chi connectivity index (χ4n) is 3.07. The zero-order valence-corrected chi connectivity index (χ0v) is 14.4. The monoisotopic (exact) mass is 284 g/mol. The van der Waals surface area contributed by atoms with E-state index >= 15 is 0 Å². The second kappa shape index (κ2) is 15.3. The molecule has 0 aromatic heterocycles. The van der Waals surface area contributed by atoms with Gasteiger partial charge in [0.05, 0.1) is 0 Å². The van der Waals surface area contributed by atoms with E-state index in [0.717, 1.165) is 5.92 Å². The maximum atomic E-state index is 5.68. The summed E-state index contributed by atoms with van der Waals surface area (Å²) >= 11 is 0. The van der Waals surface area contributed by atoms with E-state index < -0.39 is 0 Å². The van der Waals surface area contributed by atoms with Gasteiger partial charge < -0.3 is 0 Å². The SMILES string of the molecule is CCCCCCCCCCCC(CC(C)CCC)NN. The highest BCUT2D eigenvalue weighted by Gasteiger charge is 2.10. The van der Waals surface area contributed by atoms with Crippen LogP contribution in [0.1, 0.15) is 104 Å². The van der Waals surface area contributed by atoms with Crippen molar-refractivity contribution in [2.45, 2.75) is 110 Å². The van der Waals surface area contributed by atoms with Gasteiger partial charge >= 0.3 is 0 Å². The molecule has 0 spiro atoms. The van der Waals surface area contributed by atoms with E-state index in [1.54, 1.807) is 0 Å². The minimum atomic E-state index is 0.529. The Balaban J connectivity index is 3.37. The van der Waals surface area contributed by atoms with Crippen LogP contribution in [0.5, 0.6) is 0 Å². The number of hydrogen-bond donors (Lipinski definition) is 2. The molecular weight excluding hydrogens is 244 g/mol. The van der Waals surface area contributed by atoms with E-state index in [0.29, 0.717) is 6.04 Å². The van der Waals surface area contributed by atoms with Crippen molar-refractivity contribution in [1.29, 1.82) is 0 Å². The molecule has 2 unspecified atom stereocenters. The van der Waals surface area contributed by atoms with Crippen LogP contribution in [-0.2, 0) is 0 Å². The molecule has 0 bridgehead atoms. The number of nitrogens with one attached hydrogen (secondary N) is 1. The summed E-state index contributed by atoms with van der Waals surface area (Å²) in [7, 11) is 0. The van der Waals surface area contributed by atoms with Gasteiger partial charge in [-0.3, -0.25) is 11.3 Å². The molecule has 122 valence electrons. The van der Waals surface area contributed by atoms with Crippen molar-refractivity contribution < 1.29 is 0 Å². The summed E-state index contributed by atoms with van der Waals surface area (Å²) in [6.45, 7) is 6.90. The molecule has 3 N–H and O–H groups in total. The van der Waals surface area contributed by atoms with E-state index in [9.17, 15) is 0 Å². The summed E-state index contributed by atoms with van der Waals surface area (Å²) in [6.07, 6.45) is 17.7. The molecule has 20 heavy (non-hydrogen) atoms. The molecule has 2 nitrogen and oxygen atoms in total. The molecule has 0 heterocycles. The van der Waals surface area contributed by atoms with Crippen LogP contribution in [0.25, 0.3) is 0 Å². The third-order valence-electron chi connectivity index (χ3n) is 4.36. The van der Waals surface area contributed by atoms with Gasteiger partial charge in [0.2, 0.25) is 0 Å². The molecule has 0 rings (SSSR count). The molecule has 0 aliphatic heterocycles. The fraction of sp³-hybridized carbons (Fsp3) is 1.00. The van der Waals surface area contributed by atoms with Crippen LogP contribution in [0.15, 0.2) is 0 Å². The van der Waals surface area contributed by atoms with Crippen LogP contribution in [0.2, 0.25) is 0 Å². The summed E-state index contributed by atoms with van der Waals surface area (Å²) in [5, 5.41) is 0. The summed E-state index contributed by atoms with van der Waals surface area (Å²) in [6, 6.07) is 0.529. The van der Waals surface area contributed by atoms with Gasteiger partial charge in [-0.25, -0.2) is 0 Å². The number of hydrogen-bond acceptors (Lipinski definition) is 2. The van der Waals surface area contributed by atoms with Crippen molar-refractivity contribution in [3.63, 3.8) is 0 Å². The van der Waals surface area contributed by atoms with Gasteiger partial charge in [0.1, 0.15) is 0 Å². The topological polar surface area (TPSA) is 38.0 Å². The van der Waals surface area contributed by atoms with Crippen LogP contribution < -0.4 is 11.3 Å². The molecule has 0 aromatic rings. The first-order valence-electron chi connectivity index (χ1n) is 9.20. The Kier molecular flexibility index (Phi) is 15.3. The molecule has 0 radical (unpaired) electrons. The Labute approximate surface area is 128 Å². The Morgan fingerprint density at radius 3 is 1.80 bits per heavy atom. The molecule has 0 saturated carbocycles. The van der Waals surface area contributed by atoms with E-state index in [1.165, 1.54) is 83.5 Å². The number of hydrazine groups is 1. The highest BCUT2D eigenvalue weighted by Crippen LogP contribution is 2.17. The van der Waals surface area contributed by atoms with Crippen LogP contribution >= 0.6 is 0 Å². The smallest absolute Gasteiger partial charge is 0.0213 e. The molecule has 0 fully saturated rings. The minimum Gasteiger partial charge on any atom is -0.271 e. The minimum absolute atomic E-state index is 0.529. The first-order valence-corrected chi connectivity index (χ1v) is 9.20. The second-order valence-corrected chi connectivity index (χ2v) is 6.61. The van der Waals surface area contributed by atoms with E-state index in [1.807, 2.05) is 0 Å². The average Bonchev–Trinajstić information content (AvgIpc) is 2.44. The maximum Gasteiger partial charge on any atom is 0.0213 e. The summed E-state index contributed by atoms with van der Waals surface area (Å²) in [4.78, 5) is 0. The van der Waals surface area contributed by atoms with Crippen molar-refractivity contribution in [1.82, 2.24) is 5.43 Å². The molecule has 0 aliphatic carbocycles. The van der Waals surface area contributed by atoms with Crippen molar-refractivity contribution in [3.8, 4) is 0 Å². The van der Waals surface area contributed by atoms with Crippen LogP contribution in [0.4, 0.5) is 0 Å². The van der Waals surface area contributed by atoms with Crippen molar-refractivity contribution >= 4 is 0 Å². The molecule has 0 aromatic carbocycles. The van der Waals surface area contributed by atoms with E-state index in [4.69, 9.17) is 5.84 Å². The zero-order valence-electron chi connectivity index (χ0n) is 14.4. The lowest BCUT2D eigenvalue weighted by atomic mass is 9.94. The number of nitrogens with two attached hydrogens (primary N) is 1. The average molecular weight is 285 g/mol. The van der Waals surface area contributed by atoms with Gasteiger partial charge in [0, 0.05) is 6.04 Å². The predicted octanol–water partition coefficient (Wildman–Crippen LogP) is 5.57. The third-order valence-corrected chi connectivity index (χ3v) is 4.36. The maximum absolute atomic E-state index is 5.68. The first-order chi connectivity index (χ1) is 9.74. The zero-order chi connectivity index (χ0) is 15.1. The van der Waals surface area contributed by atoms with Crippen molar-refractivity contribution in [2.75, 3.05) is 0 Å². The highest BCUT2D eigenvalue weighted by molar-refractivity contribution is 4.67. The lowest BCUT2D eigenvalue weighted by Gasteiger charge is -2.19. The normalized spacial score (nSPS) is 14.4. The molecule has 0 amide bonds. The summed E-state index contributed by atoms with van der Waals surface area (Å²) in [5.41, 5.74) is 3.02. The quantitative estimate of drug-likeness (QED) is 0.234. The first kappa shape index (κ1) is 19.9. The van der Waals surface area contributed by atoms with Gasteiger partial charge in [0.25, 0.3) is 0 Å². The Morgan fingerprint density at radius 2 is 1.30 bits per heavy atom. The standard InChI is InChI=1S/C18H40N2/c1-4-6-7-8-9-10-11-12-13-15-18(20-19)16-17(3)14-5-2/h17-18,20H,4-16,19H2,1-3H3. The largest absolute Gasteiger partial charge is 0.271 e. The van der Waals surface area contributed by atoms with Crippen molar-refractivity contribution in [2.24, 2.45) is 11.8 Å². The number of rotatable bonds is 15. The van der Waals surface area contributed by atoms with Gasteiger partial charge in [-0.15, -0.1) is 0 Å². The fourth-order valence-corrected chi connectivity index (χ4v) is 3.07. The molecule has 0 aliphatic rings. The van der Waals surface area contributed by atoms with Gasteiger partial charge in [-0.1, -0.05) is 91.4 Å². The van der Waals surface area contributed by atoms with Crippen LogP contribution in [-0.4, -0.2) is 6.04 Å². The third kappa shape index (κ3) is 12.9. The van der Waals surface area contributed by atoms with Crippen LogP contribution in [0.3, 0.4) is 0 Å². The van der Waals surface area contributed by atoms with Crippen molar-refractivity contribution in [3.05, 3.63) is 0 Å². The van der Waals surface area contributed by atoms with Gasteiger partial charge in [-0.2, -0.15) is 0 Å². The van der Waals surface area contributed by atoms with E-state index in [-0.39, 0.29) is 0 Å². The predicted molar refractivity (Wildman–Crippen MR) is 91.6 cm³/mol. The van der Waals surface area contributed by atoms with Gasteiger partial charge in [-0.05, 0) is 18.8 Å². The highest BCUT2D eigenvalue weighted by atomic mass is 15.2. The summed E-state index contributed by atoms with van der Waals surface area (Å²) < 4.78 is 0. The Morgan fingerprint density at radius 1 is 0.750 bits per heavy atom. The van der Waals surface area contributed by atoms with Crippen LogP contribution in [0, 0.1) is 5.92 Å². The Hall–Kier alpha value is -0.0800. The lowest BCUT2D eigenvalue weighted by Crippen LogP contribution is -2.36. The van der Waals surface area contributed by atoms with E-state index in [2.05, 4.69) is 26.2 Å². The number of unbranched alkanes of at least 4 members (excludes halogenated alkanes) is 8. The second-order valence-electron chi connectivity index (χ2n) is 6.61. The Bertz CT molecular complexity index is 182. The molecular formula is C18H40N2. The summed E-state index contributed by atoms with van der Waals surface area (Å²) in [5.74, 6) is 6.48. The molecule has 2 atom stereocenters. The lowest BCUT2D eigenvalue weighted by molar-refractivity contribution is 0.361. The van der Waals surface area contributed by atoms with Gasteiger partial charge in [0.15, 0.2) is 0 Å². The molecule has 2 heteroatoms. The molecule has 0 saturated heterocycles.